The molecule has 148 valence electrons. The van der Waals surface area contributed by atoms with Crippen molar-refractivity contribution in [1.82, 2.24) is 9.97 Å². The van der Waals surface area contributed by atoms with Crippen LogP contribution in [0.5, 0.6) is 0 Å². The molecule has 0 aromatic carbocycles. The second kappa shape index (κ2) is 8.57. The van der Waals surface area contributed by atoms with Crippen molar-refractivity contribution in [3.05, 3.63) is 53.5 Å². The Morgan fingerprint density at radius 1 is 1.29 bits per heavy atom. The summed E-state index contributed by atoms with van der Waals surface area (Å²) in [6.45, 7) is 3.63. The number of rotatable bonds is 5. The molecule has 0 saturated carbocycles. The standard InChI is InChI=1S/C20H21F3N4O/c1-14(17-3-2-8-25-12-17)27(13-15-6-9-28-10-7-15)19-16(11-24)4-5-18(26-19)20(21,22)23/h2-5,8,12,14-15H,6-7,9-10,13H2,1H3/t14-/m0/s1. The van der Waals surface area contributed by atoms with Gasteiger partial charge in [0.05, 0.1) is 11.6 Å². The van der Waals surface area contributed by atoms with E-state index >= 15 is 0 Å². The Bertz CT molecular complexity index is 830. The van der Waals surface area contributed by atoms with E-state index in [1.165, 1.54) is 6.07 Å². The van der Waals surface area contributed by atoms with Crippen molar-refractivity contribution in [3.63, 3.8) is 0 Å². The van der Waals surface area contributed by atoms with E-state index in [1.54, 1.807) is 23.4 Å². The first-order chi connectivity index (χ1) is 13.4. The second-order valence-corrected chi connectivity index (χ2v) is 6.85. The minimum atomic E-state index is -4.58. The van der Waals surface area contributed by atoms with Gasteiger partial charge in [0.1, 0.15) is 17.6 Å². The van der Waals surface area contributed by atoms with Crippen molar-refractivity contribution in [3.8, 4) is 6.07 Å². The maximum absolute atomic E-state index is 13.3. The average molecular weight is 390 g/mol. The molecule has 1 fully saturated rings. The van der Waals surface area contributed by atoms with Crippen LogP contribution >= 0.6 is 0 Å². The summed E-state index contributed by atoms with van der Waals surface area (Å²) in [6, 6.07) is 7.39. The SMILES string of the molecule is C[C@@H](c1cccnc1)N(CC1CCOCC1)c1nc(C(F)(F)F)ccc1C#N. The molecule has 2 aromatic heterocycles. The molecule has 0 bridgehead atoms. The molecule has 1 saturated heterocycles. The first-order valence-corrected chi connectivity index (χ1v) is 9.13. The van der Waals surface area contributed by atoms with Gasteiger partial charge in [0.2, 0.25) is 0 Å². The number of nitrogens with zero attached hydrogens (tertiary/aromatic N) is 4. The highest BCUT2D eigenvalue weighted by atomic mass is 19.4. The molecule has 3 heterocycles. The summed E-state index contributed by atoms with van der Waals surface area (Å²) in [4.78, 5) is 9.76. The maximum Gasteiger partial charge on any atom is 0.433 e. The highest BCUT2D eigenvalue weighted by Crippen LogP contribution is 2.34. The van der Waals surface area contributed by atoms with E-state index < -0.39 is 11.9 Å². The van der Waals surface area contributed by atoms with Gasteiger partial charge in [-0.15, -0.1) is 0 Å². The van der Waals surface area contributed by atoms with Crippen LogP contribution in [0.25, 0.3) is 0 Å². The van der Waals surface area contributed by atoms with Gasteiger partial charge in [-0.2, -0.15) is 18.4 Å². The third-order valence-corrected chi connectivity index (χ3v) is 4.99. The first-order valence-electron chi connectivity index (χ1n) is 9.13. The zero-order valence-corrected chi connectivity index (χ0v) is 15.5. The Labute approximate surface area is 161 Å². The van der Waals surface area contributed by atoms with E-state index in [9.17, 15) is 18.4 Å². The van der Waals surface area contributed by atoms with E-state index in [-0.39, 0.29) is 23.3 Å². The smallest absolute Gasteiger partial charge is 0.381 e. The Hall–Kier alpha value is -2.66. The molecular formula is C20H21F3N4O. The zero-order chi connectivity index (χ0) is 20.1. The highest BCUT2D eigenvalue weighted by Gasteiger charge is 2.34. The fraction of sp³-hybridized carbons (Fsp3) is 0.450. The van der Waals surface area contributed by atoms with Gasteiger partial charge in [-0.3, -0.25) is 4.98 Å². The number of hydrogen-bond acceptors (Lipinski definition) is 5. The van der Waals surface area contributed by atoms with E-state index in [0.29, 0.717) is 19.8 Å². The van der Waals surface area contributed by atoms with Crippen molar-refractivity contribution in [2.45, 2.75) is 32.0 Å². The van der Waals surface area contributed by atoms with Crippen LogP contribution in [0.2, 0.25) is 0 Å². The second-order valence-electron chi connectivity index (χ2n) is 6.85. The molecule has 1 aliphatic heterocycles. The van der Waals surface area contributed by atoms with Crippen LogP contribution in [-0.4, -0.2) is 29.7 Å². The Balaban J connectivity index is 2.03. The lowest BCUT2D eigenvalue weighted by Crippen LogP contribution is -2.36. The predicted molar refractivity (Wildman–Crippen MR) is 97.5 cm³/mol. The topological polar surface area (TPSA) is 62.0 Å². The molecule has 28 heavy (non-hydrogen) atoms. The van der Waals surface area contributed by atoms with Gasteiger partial charge in [0.15, 0.2) is 0 Å². The minimum Gasteiger partial charge on any atom is -0.381 e. The zero-order valence-electron chi connectivity index (χ0n) is 15.5. The fourth-order valence-electron chi connectivity index (χ4n) is 3.35. The summed E-state index contributed by atoms with van der Waals surface area (Å²) in [5.41, 5.74) is -0.0367. The molecule has 1 atom stereocenters. The highest BCUT2D eigenvalue weighted by molar-refractivity contribution is 5.56. The number of ether oxygens (including phenoxy) is 1. The maximum atomic E-state index is 13.3. The summed E-state index contributed by atoms with van der Waals surface area (Å²) in [6.07, 6.45) is 0.377. The summed E-state index contributed by atoms with van der Waals surface area (Å²) >= 11 is 0. The van der Waals surface area contributed by atoms with E-state index in [1.807, 2.05) is 19.1 Å². The summed E-state index contributed by atoms with van der Waals surface area (Å²) in [5.74, 6) is 0.302. The van der Waals surface area contributed by atoms with Gasteiger partial charge in [-0.25, -0.2) is 4.98 Å². The average Bonchev–Trinajstić information content (AvgIpc) is 2.72. The molecule has 5 nitrogen and oxygen atoms in total. The van der Waals surface area contributed by atoms with Crippen molar-refractivity contribution < 1.29 is 17.9 Å². The molecular weight excluding hydrogens is 369 g/mol. The number of anilines is 1. The summed E-state index contributed by atoms with van der Waals surface area (Å²) in [5, 5.41) is 9.49. The largest absolute Gasteiger partial charge is 0.433 e. The van der Waals surface area contributed by atoms with Crippen LogP contribution in [0.15, 0.2) is 36.7 Å². The first kappa shape index (κ1) is 20.1. The van der Waals surface area contributed by atoms with Crippen molar-refractivity contribution in [2.24, 2.45) is 5.92 Å². The van der Waals surface area contributed by atoms with Crippen LogP contribution in [-0.2, 0) is 10.9 Å². The molecule has 0 spiro atoms. The van der Waals surface area contributed by atoms with Crippen molar-refractivity contribution >= 4 is 5.82 Å². The van der Waals surface area contributed by atoms with Gasteiger partial charge in [-0.1, -0.05) is 6.07 Å². The molecule has 2 aromatic rings. The molecule has 0 N–H and O–H groups in total. The van der Waals surface area contributed by atoms with E-state index in [2.05, 4.69) is 9.97 Å². The van der Waals surface area contributed by atoms with Gasteiger partial charge in [0.25, 0.3) is 0 Å². The monoisotopic (exact) mass is 390 g/mol. The van der Waals surface area contributed by atoms with Gasteiger partial charge in [0, 0.05) is 32.2 Å². The Morgan fingerprint density at radius 2 is 2.04 bits per heavy atom. The quantitative estimate of drug-likeness (QED) is 0.759. The van der Waals surface area contributed by atoms with Crippen LogP contribution in [0.1, 0.15) is 42.6 Å². The lowest BCUT2D eigenvalue weighted by Gasteiger charge is -2.35. The summed E-state index contributed by atoms with van der Waals surface area (Å²) in [7, 11) is 0. The fourth-order valence-corrected chi connectivity index (χ4v) is 3.35. The van der Waals surface area contributed by atoms with Crippen molar-refractivity contribution in [1.29, 1.82) is 5.26 Å². The van der Waals surface area contributed by atoms with Crippen LogP contribution in [0, 0.1) is 17.2 Å². The molecule has 3 rings (SSSR count). The lowest BCUT2D eigenvalue weighted by molar-refractivity contribution is -0.141. The van der Waals surface area contributed by atoms with Gasteiger partial charge in [-0.05, 0) is 49.4 Å². The molecule has 1 aliphatic rings. The minimum absolute atomic E-state index is 0.0557. The number of alkyl halides is 3. The number of halogens is 3. The molecule has 0 aliphatic carbocycles. The van der Waals surface area contributed by atoms with Crippen LogP contribution in [0.3, 0.4) is 0 Å². The van der Waals surface area contributed by atoms with E-state index in [0.717, 1.165) is 24.5 Å². The van der Waals surface area contributed by atoms with E-state index in [4.69, 9.17) is 4.74 Å². The third kappa shape index (κ3) is 4.60. The van der Waals surface area contributed by atoms with Crippen LogP contribution < -0.4 is 4.90 Å². The molecule has 0 radical (unpaired) electrons. The predicted octanol–water partition coefficient (Wildman–Crippen LogP) is 4.36. The number of aromatic nitrogens is 2. The lowest BCUT2D eigenvalue weighted by atomic mass is 9.97. The number of hydrogen-bond donors (Lipinski definition) is 0. The molecule has 0 unspecified atom stereocenters. The van der Waals surface area contributed by atoms with Crippen LogP contribution in [0.4, 0.5) is 19.0 Å². The van der Waals surface area contributed by atoms with Crippen molar-refractivity contribution in [2.75, 3.05) is 24.7 Å². The third-order valence-electron chi connectivity index (χ3n) is 4.99. The summed E-state index contributed by atoms with van der Waals surface area (Å²) < 4.78 is 45.2. The Morgan fingerprint density at radius 3 is 2.64 bits per heavy atom. The van der Waals surface area contributed by atoms with Gasteiger partial charge < -0.3 is 9.64 Å². The molecule has 0 amide bonds. The number of nitriles is 1. The molecule has 8 heteroatoms. The van der Waals surface area contributed by atoms with Gasteiger partial charge >= 0.3 is 6.18 Å². The normalized spacial score (nSPS) is 16.4. The Kier molecular flexibility index (Phi) is 6.15. The number of pyridine rings is 2.